The largest absolute Gasteiger partial charge is 0.315 e. The number of nitrogens with one attached hydrogen (secondary N) is 1. The minimum atomic E-state index is -0.425. The molecule has 6 heteroatoms. The lowest BCUT2D eigenvalue weighted by atomic mass is 10.2. The highest BCUT2D eigenvalue weighted by molar-refractivity contribution is 8.01. The van der Waals surface area contributed by atoms with E-state index in [2.05, 4.69) is 5.48 Å². The standard InChI is InChI=1S/C15H18N2O3S/c1-15-8-7-13(18)17(15)12(10-21-15)14(19)16-20-9-11-5-3-2-4-6-11/h2-6,12H,7-10H2,1H3,(H,16,19)/t12-,15+/m1/s1. The van der Waals surface area contributed by atoms with Gasteiger partial charge in [0.15, 0.2) is 0 Å². The summed E-state index contributed by atoms with van der Waals surface area (Å²) in [6.07, 6.45) is 1.34. The molecule has 0 unspecified atom stereocenters. The topological polar surface area (TPSA) is 58.6 Å². The van der Waals surface area contributed by atoms with Crippen molar-refractivity contribution >= 4 is 23.6 Å². The van der Waals surface area contributed by atoms with E-state index in [1.165, 1.54) is 0 Å². The van der Waals surface area contributed by atoms with E-state index in [1.54, 1.807) is 16.7 Å². The van der Waals surface area contributed by atoms with Gasteiger partial charge in [0.25, 0.3) is 5.91 Å². The van der Waals surface area contributed by atoms with Crippen LogP contribution in [-0.4, -0.2) is 33.4 Å². The zero-order chi connectivity index (χ0) is 14.9. The molecular weight excluding hydrogens is 288 g/mol. The molecule has 2 aliphatic heterocycles. The molecule has 0 bridgehead atoms. The summed E-state index contributed by atoms with van der Waals surface area (Å²) in [7, 11) is 0. The lowest BCUT2D eigenvalue weighted by molar-refractivity contribution is -0.145. The monoisotopic (exact) mass is 306 g/mol. The number of nitrogens with zero attached hydrogens (tertiary/aromatic N) is 1. The van der Waals surface area contributed by atoms with E-state index in [4.69, 9.17) is 4.84 Å². The van der Waals surface area contributed by atoms with Crippen molar-refractivity contribution in [3.05, 3.63) is 35.9 Å². The van der Waals surface area contributed by atoms with Gasteiger partial charge in [-0.2, -0.15) is 0 Å². The van der Waals surface area contributed by atoms with Crippen LogP contribution in [0.4, 0.5) is 0 Å². The summed E-state index contributed by atoms with van der Waals surface area (Å²) in [6.45, 7) is 2.35. The Hall–Kier alpha value is -1.53. The van der Waals surface area contributed by atoms with Gasteiger partial charge in [0.2, 0.25) is 5.91 Å². The number of rotatable bonds is 4. The first-order chi connectivity index (χ1) is 10.1. The molecule has 2 saturated heterocycles. The Morgan fingerprint density at radius 1 is 1.48 bits per heavy atom. The average molecular weight is 306 g/mol. The van der Waals surface area contributed by atoms with Crippen LogP contribution < -0.4 is 5.48 Å². The summed E-state index contributed by atoms with van der Waals surface area (Å²) in [5, 5.41) is 0. The summed E-state index contributed by atoms with van der Waals surface area (Å²) in [5.41, 5.74) is 3.46. The van der Waals surface area contributed by atoms with E-state index < -0.39 is 6.04 Å². The Bertz CT molecular complexity index is 551. The van der Waals surface area contributed by atoms with Crippen molar-refractivity contribution in [3.63, 3.8) is 0 Å². The van der Waals surface area contributed by atoms with Crippen molar-refractivity contribution in [1.82, 2.24) is 10.4 Å². The van der Waals surface area contributed by atoms with Gasteiger partial charge in [-0.25, -0.2) is 5.48 Å². The highest BCUT2D eigenvalue weighted by Gasteiger charge is 2.52. The average Bonchev–Trinajstić information content (AvgIpc) is 2.97. The van der Waals surface area contributed by atoms with Crippen molar-refractivity contribution in [2.75, 3.05) is 5.75 Å². The molecule has 2 aliphatic rings. The fraction of sp³-hybridized carbons (Fsp3) is 0.467. The Morgan fingerprint density at radius 3 is 3.00 bits per heavy atom. The highest BCUT2D eigenvalue weighted by atomic mass is 32.2. The van der Waals surface area contributed by atoms with Crippen LogP contribution in [0.2, 0.25) is 0 Å². The minimum Gasteiger partial charge on any atom is -0.315 e. The van der Waals surface area contributed by atoms with Crippen molar-refractivity contribution in [3.8, 4) is 0 Å². The maximum absolute atomic E-state index is 12.2. The van der Waals surface area contributed by atoms with Crippen LogP contribution in [0, 0.1) is 0 Å². The molecule has 1 aromatic rings. The molecule has 0 spiro atoms. The van der Waals surface area contributed by atoms with Crippen LogP contribution >= 0.6 is 11.8 Å². The third-order valence-electron chi connectivity index (χ3n) is 4.00. The number of benzene rings is 1. The molecule has 112 valence electrons. The molecule has 2 fully saturated rings. The maximum Gasteiger partial charge on any atom is 0.267 e. The fourth-order valence-electron chi connectivity index (χ4n) is 2.85. The van der Waals surface area contributed by atoms with E-state index in [-0.39, 0.29) is 16.7 Å². The number of thioether (sulfide) groups is 1. The SMILES string of the molecule is C[C@]12CCC(=O)N1[C@@H](C(=O)NOCc1ccccc1)CS2. The first-order valence-electron chi connectivity index (χ1n) is 7.02. The second-order valence-corrected chi connectivity index (χ2v) is 7.01. The van der Waals surface area contributed by atoms with Crippen LogP contribution in [0.3, 0.4) is 0 Å². The molecule has 1 N–H and O–H groups in total. The Morgan fingerprint density at radius 2 is 2.24 bits per heavy atom. The predicted octanol–water partition coefficient (Wildman–Crippen LogP) is 1.69. The summed E-state index contributed by atoms with van der Waals surface area (Å²) < 4.78 is 0. The summed E-state index contributed by atoms with van der Waals surface area (Å²) in [4.78, 5) is 30.9. The van der Waals surface area contributed by atoms with Gasteiger partial charge >= 0.3 is 0 Å². The number of carbonyl (C=O) groups excluding carboxylic acids is 2. The van der Waals surface area contributed by atoms with Crippen LogP contribution in [0.25, 0.3) is 0 Å². The third-order valence-corrected chi connectivity index (χ3v) is 5.51. The Balaban J connectivity index is 1.55. The molecule has 0 radical (unpaired) electrons. The van der Waals surface area contributed by atoms with Gasteiger partial charge in [0, 0.05) is 12.2 Å². The molecule has 0 aromatic heterocycles. The maximum atomic E-state index is 12.2. The lowest BCUT2D eigenvalue weighted by Gasteiger charge is -2.29. The second-order valence-electron chi connectivity index (χ2n) is 5.51. The van der Waals surface area contributed by atoms with E-state index in [9.17, 15) is 9.59 Å². The molecule has 5 nitrogen and oxygen atoms in total. The van der Waals surface area contributed by atoms with E-state index >= 15 is 0 Å². The third kappa shape index (κ3) is 2.78. The van der Waals surface area contributed by atoms with Gasteiger partial charge < -0.3 is 4.90 Å². The smallest absolute Gasteiger partial charge is 0.267 e. The van der Waals surface area contributed by atoms with Crippen molar-refractivity contribution in [1.29, 1.82) is 0 Å². The van der Waals surface area contributed by atoms with Gasteiger partial charge in [-0.3, -0.25) is 14.4 Å². The zero-order valence-corrected chi connectivity index (χ0v) is 12.7. The summed E-state index contributed by atoms with van der Waals surface area (Å²) in [5.74, 6) is 0.450. The van der Waals surface area contributed by atoms with Crippen molar-refractivity contribution in [2.24, 2.45) is 0 Å². The van der Waals surface area contributed by atoms with Crippen LogP contribution in [0.1, 0.15) is 25.3 Å². The molecule has 2 amide bonds. The van der Waals surface area contributed by atoms with E-state index in [0.29, 0.717) is 18.8 Å². The Kier molecular flexibility index (Phi) is 3.91. The fourth-order valence-corrected chi connectivity index (χ4v) is 4.28. The van der Waals surface area contributed by atoms with Crippen molar-refractivity contribution in [2.45, 2.75) is 37.3 Å². The predicted molar refractivity (Wildman–Crippen MR) is 80.1 cm³/mol. The molecule has 0 saturated carbocycles. The second kappa shape index (κ2) is 5.69. The molecule has 0 aliphatic carbocycles. The first kappa shape index (κ1) is 14.4. The molecule has 2 atom stereocenters. The van der Waals surface area contributed by atoms with Crippen LogP contribution in [0.15, 0.2) is 30.3 Å². The number of hydrogen-bond acceptors (Lipinski definition) is 4. The molecule has 3 rings (SSSR count). The minimum absolute atomic E-state index is 0.0608. The van der Waals surface area contributed by atoms with Crippen molar-refractivity contribution < 1.29 is 14.4 Å². The molecule has 21 heavy (non-hydrogen) atoms. The van der Waals surface area contributed by atoms with Crippen LogP contribution in [0.5, 0.6) is 0 Å². The van der Waals surface area contributed by atoms with Gasteiger partial charge in [0.05, 0.1) is 11.5 Å². The van der Waals surface area contributed by atoms with E-state index in [0.717, 1.165) is 12.0 Å². The van der Waals surface area contributed by atoms with Gasteiger partial charge in [-0.05, 0) is 18.9 Å². The molecular formula is C15H18N2O3S. The normalized spacial score (nSPS) is 27.8. The number of fused-ring (bicyclic) bond motifs is 1. The lowest BCUT2D eigenvalue weighted by Crippen LogP contribution is -2.50. The summed E-state index contributed by atoms with van der Waals surface area (Å²) >= 11 is 1.67. The van der Waals surface area contributed by atoms with Crippen LogP contribution in [-0.2, 0) is 21.0 Å². The van der Waals surface area contributed by atoms with Gasteiger partial charge in [-0.1, -0.05) is 30.3 Å². The number of hydroxylamine groups is 1. The molecule has 2 heterocycles. The van der Waals surface area contributed by atoms with Gasteiger partial charge in [0.1, 0.15) is 6.04 Å². The zero-order valence-electron chi connectivity index (χ0n) is 11.9. The first-order valence-corrected chi connectivity index (χ1v) is 8.00. The quantitative estimate of drug-likeness (QED) is 0.860. The molecule has 1 aromatic carbocycles. The highest BCUT2D eigenvalue weighted by Crippen LogP contribution is 2.47. The Labute approximate surface area is 128 Å². The number of carbonyl (C=O) groups is 2. The summed E-state index contributed by atoms with van der Waals surface area (Å²) in [6, 6.07) is 9.20. The van der Waals surface area contributed by atoms with E-state index in [1.807, 2.05) is 37.3 Å². The number of amides is 2. The van der Waals surface area contributed by atoms with Gasteiger partial charge in [-0.15, -0.1) is 11.8 Å². The number of hydrogen-bond donors (Lipinski definition) is 1.